The molecule has 0 amide bonds. The fourth-order valence-corrected chi connectivity index (χ4v) is 4.19. The molecule has 5 heteroatoms. The van der Waals surface area contributed by atoms with Gasteiger partial charge in [0.15, 0.2) is 5.78 Å². The number of carbonyl (C=O) groups excluding carboxylic acids is 1. The summed E-state index contributed by atoms with van der Waals surface area (Å²) in [6.45, 7) is 2.60. The molecule has 5 nitrogen and oxygen atoms in total. The number of hydrogen-bond donors (Lipinski definition) is 3. The van der Waals surface area contributed by atoms with E-state index in [4.69, 9.17) is 4.74 Å². The van der Waals surface area contributed by atoms with Gasteiger partial charge >= 0.3 is 0 Å². The van der Waals surface area contributed by atoms with Crippen LogP contribution in [0.4, 0.5) is 0 Å². The molecule has 4 atom stereocenters. The number of aromatic amines is 1. The van der Waals surface area contributed by atoms with Crippen LogP contribution in [0, 0.1) is 12.8 Å². The van der Waals surface area contributed by atoms with E-state index in [2.05, 4.69) is 10.3 Å². The third-order valence-corrected chi connectivity index (χ3v) is 5.63. The molecule has 0 radical (unpaired) electrons. The molecule has 0 aliphatic heterocycles. The predicted molar refractivity (Wildman–Crippen MR) is 99.6 cm³/mol. The number of aromatic nitrogens is 1. The first-order chi connectivity index (χ1) is 12.6. The molecule has 0 bridgehead atoms. The molecule has 2 aromatic rings. The van der Waals surface area contributed by atoms with Crippen molar-refractivity contribution in [1.29, 1.82) is 0 Å². The van der Waals surface area contributed by atoms with E-state index in [-0.39, 0.29) is 23.8 Å². The minimum Gasteiger partial charge on any atom is -0.488 e. The zero-order valence-electron chi connectivity index (χ0n) is 15.1. The highest BCUT2D eigenvalue weighted by Crippen LogP contribution is 2.28. The molecular weight excluding hydrogens is 328 g/mol. The van der Waals surface area contributed by atoms with Crippen LogP contribution in [0.25, 0.3) is 0 Å². The first kappa shape index (κ1) is 17.3. The summed E-state index contributed by atoms with van der Waals surface area (Å²) in [5.74, 6) is 0.988. The predicted octanol–water partition coefficient (Wildman–Crippen LogP) is 2.63. The molecule has 2 aliphatic rings. The number of aryl methyl sites for hydroxylation is 2. The first-order valence-corrected chi connectivity index (χ1v) is 9.47. The lowest BCUT2D eigenvalue weighted by Crippen LogP contribution is -2.44. The largest absolute Gasteiger partial charge is 0.488 e. The molecule has 3 N–H and O–H groups in total. The van der Waals surface area contributed by atoms with E-state index < -0.39 is 6.10 Å². The molecule has 26 heavy (non-hydrogen) atoms. The lowest BCUT2D eigenvalue weighted by atomic mass is 9.86. The van der Waals surface area contributed by atoms with Gasteiger partial charge in [0.05, 0.1) is 0 Å². The monoisotopic (exact) mass is 354 g/mol. The van der Waals surface area contributed by atoms with Crippen molar-refractivity contribution in [2.24, 2.45) is 5.92 Å². The summed E-state index contributed by atoms with van der Waals surface area (Å²) >= 11 is 0. The standard InChI is InChI=1S/C21H26N2O3/c1-13-11-16-17(23-13)8-7-14(20(16)24)12-22-18-9-10-19(21(18)25)26-15-5-3-2-4-6-15/h2-6,11,14,18-19,21-23,25H,7-10,12H2,1H3/t14?,18-,19-,21-/m1/s1. The Morgan fingerprint density at radius 2 is 2.04 bits per heavy atom. The van der Waals surface area contributed by atoms with Crippen molar-refractivity contribution in [3.63, 3.8) is 0 Å². The molecule has 0 saturated heterocycles. The zero-order chi connectivity index (χ0) is 18.1. The Balaban J connectivity index is 1.32. The second-order valence-corrected chi connectivity index (χ2v) is 7.50. The van der Waals surface area contributed by atoms with Crippen molar-refractivity contribution in [2.45, 2.75) is 50.9 Å². The summed E-state index contributed by atoms with van der Waals surface area (Å²) in [7, 11) is 0. The Hall–Kier alpha value is -2.11. The van der Waals surface area contributed by atoms with Gasteiger partial charge < -0.3 is 20.1 Å². The van der Waals surface area contributed by atoms with Gasteiger partial charge in [-0.15, -0.1) is 0 Å². The van der Waals surface area contributed by atoms with Gasteiger partial charge in [-0.2, -0.15) is 0 Å². The minimum atomic E-state index is -0.557. The lowest BCUT2D eigenvalue weighted by Gasteiger charge is -2.25. The Morgan fingerprint density at radius 3 is 2.85 bits per heavy atom. The van der Waals surface area contributed by atoms with Crippen molar-refractivity contribution in [3.05, 3.63) is 53.3 Å². The zero-order valence-corrected chi connectivity index (χ0v) is 15.1. The van der Waals surface area contributed by atoms with Gasteiger partial charge in [-0.05, 0) is 50.8 Å². The number of para-hydroxylation sites is 1. The van der Waals surface area contributed by atoms with Crippen LogP contribution in [-0.4, -0.2) is 40.7 Å². The fourth-order valence-electron chi connectivity index (χ4n) is 4.19. The molecule has 1 unspecified atom stereocenters. The van der Waals surface area contributed by atoms with Crippen LogP contribution in [0.2, 0.25) is 0 Å². The number of fused-ring (bicyclic) bond motifs is 1. The van der Waals surface area contributed by atoms with Crippen molar-refractivity contribution in [3.8, 4) is 5.75 Å². The summed E-state index contributed by atoms with van der Waals surface area (Å²) in [5, 5.41) is 14.0. The maximum Gasteiger partial charge on any atom is 0.169 e. The second-order valence-electron chi connectivity index (χ2n) is 7.50. The van der Waals surface area contributed by atoms with E-state index in [1.807, 2.05) is 43.3 Å². The van der Waals surface area contributed by atoms with Crippen LogP contribution in [0.3, 0.4) is 0 Å². The number of benzene rings is 1. The Labute approximate surface area is 153 Å². The molecule has 4 rings (SSSR count). The smallest absolute Gasteiger partial charge is 0.169 e. The summed E-state index contributed by atoms with van der Waals surface area (Å²) in [6.07, 6.45) is 2.68. The van der Waals surface area contributed by atoms with Crippen LogP contribution in [-0.2, 0) is 6.42 Å². The number of carbonyl (C=O) groups is 1. The first-order valence-electron chi connectivity index (χ1n) is 9.47. The molecule has 1 aromatic carbocycles. The van der Waals surface area contributed by atoms with Gasteiger partial charge in [0.1, 0.15) is 18.0 Å². The highest BCUT2D eigenvalue weighted by Gasteiger charge is 2.37. The van der Waals surface area contributed by atoms with Crippen molar-refractivity contribution in [2.75, 3.05) is 6.54 Å². The highest BCUT2D eigenvalue weighted by molar-refractivity contribution is 6.00. The van der Waals surface area contributed by atoms with Gasteiger partial charge in [0.2, 0.25) is 0 Å². The highest BCUT2D eigenvalue weighted by atomic mass is 16.5. The van der Waals surface area contributed by atoms with E-state index in [1.165, 1.54) is 0 Å². The van der Waals surface area contributed by atoms with Gasteiger partial charge in [-0.1, -0.05) is 18.2 Å². The van der Waals surface area contributed by atoms with Gasteiger partial charge in [0.25, 0.3) is 0 Å². The van der Waals surface area contributed by atoms with Crippen molar-refractivity contribution < 1.29 is 14.6 Å². The molecule has 1 heterocycles. The summed E-state index contributed by atoms with van der Waals surface area (Å²) in [5.41, 5.74) is 2.96. The number of aliphatic hydroxyl groups is 1. The third kappa shape index (κ3) is 3.41. The molecule has 0 spiro atoms. The van der Waals surface area contributed by atoms with Crippen LogP contribution in [0.5, 0.6) is 5.75 Å². The number of ketones is 1. The van der Waals surface area contributed by atoms with Crippen LogP contribution < -0.4 is 10.1 Å². The van der Waals surface area contributed by atoms with Gasteiger partial charge in [0, 0.05) is 35.5 Å². The van der Waals surface area contributed by atoms with E-state index in [0.29, 0.717) is 6.54 Å². The van der Waals surface area contributed by atoms with Crippen LogP contribution in [0.1, 0.15) is 41.0 Å². The maximum absolute atomic E-state index is 12.7. The Morgan fingerprint density at radius 1 is 1.23 bits per heavy atom. The topological polar surface area (TPSA) is 74.3 Å². The lowest BCUT2D eigenvalue weighted by molar-refractivity contribution is 0.0441. The fraction of sp³-hybridized carbons (Fsp3) is 0.476. The van der Waals surface area contributed by atoms with E-state index >= 15 is 0 Å². The number of H-pyrrole nitrogens is 1. The quantitative estimate of drug-likeness (QED) is 0.772. The van der Waals surface area contributed by atoms with Gasteiger partial charge in [-0.25, -0.2) is 0 Å². The average Bonchev–Trinajstić information content (AvgIpc) is 3.19. The number of hydrogen-bond acceptors (Lipinski definition) is 4. The van der Waals surface area contributed by atoms with Crippen LogP contribution >= 0.6 is 0 Å². The van der Waals surface area contributed by atoms with E-state index in [1.54, 1.807) is 0 Å². The molecular formula is C21H26N2O3. The average molecular weight is 354 g/mol. The number of nitrogens with one attached hydrogen (secondary N) is 2. The molecule has 138 valence electrons. The van der Waals surface area contributed by atoms with E-state index in [9.17, 15) is 9.90 Å². The number of Topliss-reactive ketones (excluding diaryl/α,β-unsaturated/α-hetero) is 1. The Bertz CT molecular complexity index is 771. The van der Waals surface area contributed by atoms with Crippen LogP contribution in [0.15, 0.2) is 36.4 Å². The van der Waals surface area contributed by atoms with Crippen molar-refractivity contribution >= 4 is 5.78 Å². The summed E-state index contributed by atoms with van der Waals surface area (Å²) in [4.78, 5) is 16.0. The Kier molecular flexibility index (Phi) is 4.83. The second kappa shape index (κ2) is 7.25. The minimum absolute atomic E-state index is 0.0148. The summed E-state index contributed by atoms with van der Waals surface area (Å²) in [6, 6.07) is 11.6. The molecule has 1 saturated carbocycles. The molecule has 1 fully saturated rings. The number of aliphatic hydroxyl groups excluding tert-OH is 1. The number of rotatable bonds is 5. The maximum atomic E-state index is 12.7. The molecule has 2 aliphatic carbocycles. The SMILES string of the molecule is Cc1cc2c([nH]1)CCC(CN[C@@H]1CC[C@@H](Oc3ccccc3)[C@@H]1O)C2=O. The van der Waals surface area contributed by atoms with Crippen molar-refractivity contribution in [1.82, 2.24) is 10.3 Å². The van der Waals surface area contributed by atoms with Gasteiger partial charge in [-0.3, -0.25) is 4.79 Å². The number of ether oxygens (including phenoxy) is 1. The normalized spacial score (nSPS) is 28.2. The van der Waals surface area contributed by atoms with E-state index in [0.717, 1.165) is 48.4 Å². The third-order valence-electron chi connectivity index (χ3n) is 5.63. The molecule has 1 aromatic heterocycles. The summed E-state index contributed by atoms with van der Waals surface area (Å²) < 4.78 is 5.92.